The highest BCUT2D eigenvalue weighted by atomic mass is 14.6. The Kier molecular flexibility index (Phi) is 5.38. The first-order valence-corrected chi connectivity index (χ1v) is 9.27. The molecule has 1 aliphatic rings. The fourth-order valence-electron chi connectivity index (χ4n) is 3.83. The van der Waals surface area contributed by atoms with E-state index in [2.05, 4.69) is 111 Å². The topological polar surface area (TPSA) is 0 Å². The largest absolute Gasteiger partial charge is 0.103 e. The molecule has 1 aliphatic carbocycles. The van der Waals surface area contributed by atoms with Gasteiger partial charge in [-0.1, -0.05) is 105 Å². The van der Waals surface area contributed by atoms with E-state index in [1.54, 1.807) is 0 Å². The molecule has 0 bridgehead atoms. The fourth-order valence-corrected chi connectivity index (χ4v) is 3.83. The van der Waals surface area contributed by atoms with Crippen LogP contribution in [0.15, 0.2) is 85.5 Å². The maximum atomic E-state index is 3.97. The van der Waals surface area contributed by atoms with Crippen LogP contribution < -0.4 is 0 Å². The third-order valence-corrected chi connectivity index (χ3v) is 5.68. The zero-order valence-corrected chi connectivity index (χ0v) is 15.3. The van der Waals surface area contributed by atoms with Gasteiger partial charge < -0.3 is 0 Å². The Morgan fingerprint density at radius 3 is 1.84 bits per heavy atom. The van der Waals surface area contributed by atoms with Crippen molar-refractivity contribution in [2.75, 3.05) is 0 Å². The maximum absolute atomic E-state index is 3.97. The molecule has 0 saturated heterocycles. The molecule has 25 heavy (non-hydrogen) atoms. The van der Waals surface area contributed by atoms with E-state index in [1.165, 1.54) is 17.5 Å². The molecule has 0 aliphatic heterocycles. The van der Waals surface area contributed by atoms with Crippen LogP contribution >= 0.6 is 0 Å². The molecule has 1 fully saturated rings. The van der Waals surface area contributed by atoms with Crippen LogP contribution in [0, 0.1) is 23.2 Å². The molecule has 0 heterocycles. The summed E-state index contributed by atoms with van der Waals surface area (Å²) in [5.41, 5.74) is 2.69. The van der Waals surface area contributed by atoms with E-state index in [0.717, 1.165) is 0 Å². The third kappa shape index (κ3) is 4.02. The van der Waals surface area contributed by atoms with Crippen molar-refractivity contribution in [1.82, 2.24) is 0 Å². The average Bonchev–Trinajstić information content (AvgIpc) is 3.22. The van der Waals surface area contributed by atoms with Gasteiger partial charge in [-0.3, -0.25) is 0 Å². The minimum Gasteiger partial charge on any atom is -0.103 e. The van der Waals surface area contributed by atoms with Crippen molar-refractivity contribution in [3.8, 4) is 0 Å². The molecule has 0 heteroatoms. The summed E-state index contributed by atoms with van der Waals surface area (Å²) < 4.78 is 0. The summed E-state index contributed by atoms with van der Waals surface area (Å²) in [6, 6.07) is 21.2. The van der Waals surface area contributed by atoms with Gasteiger partial charge in [0.1, 0.15) is 0 Å². The summed E-state index contributed by atoms with van der Waals surface area (Å²) in [5, 5.41) is 0. The highest BCUT2D eigenvalue weighted by Crippen LogP contribution is 2.63. The Balaban J connectivity index is 1.85. The van der Waals surface area contributed by atoms with E-state index in [1.807, 2.05) is 0 Å². The van der Waals surface area contributed by atoms with Crippen molar-refractivity contribution < 1.29 is 0 Å². The predicted octanol–water partition coefficient (Wildman–Crippen LogP) is 6.88. The van der Waals surface area contributed by atoms with Crippen LogP contribution in [0.1, 0.15) is 31.4 Å². The summed E-state index contributed by atoms with van der Waals surface area (Å²) in [4.78, 5) is 0. The van der Waals surface area contributed by atoms with Gasteiger partial charge in [0.25, 0.3) is 0 Å². The molecular formula is C25H28. The molecule has 0 N–H and O–H groups in total. The van der Waals surface area contributed by atoms with Crippen LogP contribution in [-0.4, -0.2) is 0 Å². The molecule has 0 radical (unpaired) electrons. The Bertz CT molecular complexity index is 687. The monoisotopic (exact) mass is 328 g/mol. The van der Waals surface area contributed by atoms with Crippen LogP contribution in [0.2, 0.25) is 0 Å². The van der Waals surface area contributed by atoms with E-state index in [4.69, 9.17) is 0 Å². The molecule has 0 spiro atoms. The van der Waals surface area contributed by atoms with Gasteiger partial charge in [-0.05, 0) is 35.3 Å². The number of allylic oxidation sites excluding steroid dienone is 3. The first-order chi connectivity index (χ1) is 12.2. The first-order valence-electron chi connectivity index (χ1n) is 9.27. The maximum Gasteiger partial charge on any atom is 0.0128 e. The van der Waals surface area contributed by atoms with Crippen molar-refractivity contribution in [3.63, 3.8) is 0 Å². The molecule has 3 rings (SSSR count). The fraction of sp³-hybridized carbons (Fsp3) is 0.280. The van der Waals surface area contributed by atoms with Crippen LogP contribution in [-0.2, 0) is 0 Å². The standard InChI is InChI=1S/C25H28/c1-4-20(2)19-24-21(3)25(24,17-15-22-11-7-5-8-12-22)18-16-23-13-9-6-10-14-23/h4-18,20-21,24H,1,19H2,2-3H3/b17-15+,18-16+/t20-,21-,24+/m0/s1. The number of benzene rings is 2. The summed E-state index contributed by atoms with van der Waals surface area (Å²) in [6.45, 7) is 8.61. The second-order valence-corrected chi connectivity index (χ2v) is 7.33. The van der Waals surface area contributed by atoms with Gasteiger partial charge in [0.05, 0.1) is 0 Å². The molecule has 0 unspecified atom stereocenters. The quantitative estimate of drug-likeness (QED) is 0.486. The van der Waals surface area contributed by atoms with Gasteiger partial charge in [0.2, 0.25) is 0 Å². The Morgan fingerprint density at radius 1 is 0.920 bits per heavy atom. The van der Waals surface area contributed by atoms with Gasteiger partial charge >= 0.3 is 0 Å². The minimum absolute atomic E-state index is 0.156. The lowest BCUT2D eigenvalue weighted by atomic mass is 9.94. The normalized spacial score (nSPS) is 23.0. The molecule has 2 aromatic rings. The second-order valence-electron chi connectivity index (χ2n) is 7.33. The highest BCUT2D eigenvalue weighted by molar-refractivity contribution is 5.57. The zero-order chi connectivity index (χ0) is 17.7. The average molecular weight is 328 g/mol. The van der Waals surface area contributed by atoms with Gasteiger partial charge in [0, 0.05) is 5.41 Å². The predicted molar refractivity (Wildman–Crippen MR) is 110 cm³/mol. The minimum atomic E-state index is 0.156. The van der Waals surface area contributed by atoms with Crippen LogP contribution in [0.25, 0.3) is 12.2 Å². The highest BCUT2D eigenvalue weighted by Gasteiger charge is 2.57. The van der Waals surface area contributed by atoms with E-state index in [-0.39, 0.29) is 5.41 Å². The Morgan fingerprint density at radius 2 is 1.40 bits per heavy atom. The molecule has 128 valence electrons. The second kappa shape index (κ2) is 7.70. The molecule has 1 saturated carbocycles. The molecule has 3 atom stereocenters. The Hall–Kier alpha value is -2.34. The van der Waals surface area contributed by atoms with Crippen LogP contribution in [0.3, 0.4) is 0 Å². The molecular weight excluding hydrogens is 300 g/mol. The van der Waals surface area contributed by atoms with E-state index in [0.29, 0.717) is 17.8 Å². The SMILES string of the molecule is C=C[C@H](C)C[C@@H]1[C@H](C)C1(/C=C/c1ccccc1)/C=C/c1ccccc1. The lowest BCUT2D eigenvalue weighted by molar-refractivity contribution is 0.539. The molecule has 2 aromatic carbocycles. The summed E-state index contributed by atoms with van der Waals surface area (Å²) in [7, 11) is 0. The lowest BCUT2D eigenvalue weighted by Crippen LogP contribution is -2.00. The summed E-state index contributed by atoms with van der Waals surface area (Å²) in [6.07, 6.45) is 12.7. The van der Waals surface area contributed by atoms with Gasteiger partial charge in [0.15, 0.2) is 0 Å². The zero-order valence-electron chi connectivity index (χ0n) is 15.3. The number of rotatable bonds is 7. The van der Waals surface area contributed by atoms with Gasteiger partial charge in [-0.15, -0.1) is 6.58 Å². The van der Waals surface area contributed by atoms with Crippen LogP contribution in [0.4, 0.5) is 0 Å². The lowest BCUT2D eigenvalue weighted by Gasteiger charge is -2.10. The smallest absolute Gasteiger partial charge is 0.0128 e. The van der Waals surface area contributed by atoms with Crippen molar-refractivity contribution in [2.45, 2.75) is 20.3 Å². The molecule has 0 aromatic heterocycles. The molecule has 0 nitrogen and oxygen atoms in total. The number of hydrogen-bond donors (Lipinski definition) is 0. The third-order valence-electron chi connectivity index (χ3n) is 5.68. The first kappa shape index (κ1) is 17.5. The summed E-state index contributed by atoms with van der Waals surface area (Å²) >= 11 is 0. The Labute approximate surface area is 152 Å². The van der Waals surface area contributed by atoms with E-state index in [9.17, 15) is 0 Å². The van der Waals surface area contributed by atoms with E-state index >= 15 is 0 Å². The van der Waals surface area contributed by atoms with Gasteiger partial charge in [-0.2, -0.15) is 0 Å². The van der Waals surface area contributed by atoms with Crippen molar-refractivity contribution >= 4 is 12.2 Å². The summed E-state index contributed by atoms with van der Waals surface area (Å²) in [5.74, 6) is 1.90. The van der Waals surface area contributed by atoms with Crippen LogP contribution in [0.5, 0.6) is 0 Å². The van der Waals surface area contributed by atoms with Crippen molar-refractivity contribution in [2.24, 2.45) is 23.2 Å². The van der Waals surface area contributed by atoms with Crippen molar-refractivity contribution in [1.29, 1.82) is 0 Å². The number of hydrogen-bond acceptors (Lipinski definition) is 0. The van der Waals surface area contributed by atoms with Gasteiger partial charge in [-0.25, -0.2) is 0 Å². The molecule has 0 amide bonds. The van der Waals surface area contributed by atoms with E-state index < -0.39 is 0 Å². The van der Waals surface area contributed by atoms with Crippen molar-refractivity contribution in [3.05, 3.63) is 96.6 Å².